The summed E-state index contributed by atoms with van der Waals surface area (Å²) < 4.78 is 5.80. The molecule has 0 aliphatic rings. The van der Waals surface area contributed by atoms with Crippen LogP contribution in [0.25, 0.3) is 0 Å². The highest BCUT2D eigenvalue weighted by Gasteiger charge is 2.21. The quantitative estimate of drug-likeness (QED) is 0.862. The molecule has 1 N–H and O–H groups in total. The number of rotatable bonds is 6. The van der Waals surface area contributed by atoms with E-state index in [-0.39, 0.29) is 11.9 Å². The molecule has 3 nitrogen and oxygen atoms in total. The average Bonchev–Trinajstić information content (AvgIpc) is 2.53. The fraction of sp³-hybridized carbons (Fsp3) is 0.350. The van der Waals surface area contributed by atoms with Crippen molar-refractivity contribution in [1.82, 2.24) is 5.32 Å². The molecule has 2 aromatic rings. The molecule has 3 heteroatoms. The van der Waals surface area contributed by atoms with Crippen molar-refractivity contribution in [2.24, 2.45) is 0 Å². The molecule has 0 bridgehead atoms. The van der Waals surface area contributed by atoms with E-state index in [1.807, 2.05) is 44.2 Å². The molecule has 0 aliphatic carbocycles. The molecule has 0 aromatic heterocycles. The largest absolute Gasteiger partial charge is 0.481 e. The second-order valence-electron chi connectivity index (χ2n) is 5.92. The number of carbonyl (C=O) groups is 1. The van der Waals surface area contributed by atoms with Crippen LogP contribution in [-0.2, 0) is 4.79 Å². The third-order valence-electron chi connectivity index (χ3n) is 3.94. The minimum absolute atomic E-state index is 0.0449. The Bertz CT molecular complexity index is 652. The van der Waals surface area contributed by atoms with E-state index in [0.717, 1.165) is 5.56 Å². The zero-order chi connectivity index (χ0) is 16.8. The van der Waals surface area contributed by atoms with Gasteiger partial charge in [0.2, 0.25) is 0 Å². The van der Waals surface area contributed by atoms with E-state index in [9.17, 15) is 4.79 Å². The van der Waals surface area contributed by atoms with Crippen molar-refractivity contribution in [1.29, 1.82) is 0 Å². The Balaban J connectivity index is 2.03. The van der Waals surface area contributed by atoms with Crippen LogP contribution in [0.1, 0.15) is 43.0 Å². The predicted octanol–water partition coefficient (Wildman–Crippen LogP) is 4.34. The summed E-state index contributed by atoms with van der Waals surface area (Å²) >= 11 is 0. The first-order valence-electron chi connectivity index (χ1n) is 8.10. The molecule has 0 fully saturated rings. The van der Waals surface area contributed by atoms with E-state index in [1.54, 1.807) is 0 Å². The molecule has 0 heterocycles. The van der Waals surface area contributed by atoms with Gasteiger partial charge in [-0.2, -0.15) is 0 Å². The highest BCUT2D eigenvalue weighted by atomic mass is 16.5. The maximum atomic E-state index is 12.5. The molecule has 0 aliphatic heterocycles. The number of amides is 1. The number of hydrogen-bond donors (Lipinski definition) is 1. The molecule has 1 amide bonds. The smallest absolute Gasteiger partial charge is 0.261 e. The highest BCUT2D eigenvalue weighted by Crippen LogP contribution is 2.19. The zero-order valence-electron chi connectivity index (χ0n) is 14.3. The lowest BCUT2D eigenvalue weighted by Gasteiger charge is -2.22. The monoisotopic (exact) mass is 311 g/mol. The van der Waals surface area contributed by atoms with Crippen LogP contribution in [0.4, 0.5) is 0 Å². The molecule has 0 saturated heterocycles. The minimum atomic E-state index is -0.481. The van der Waals surface area contributed by atoms with Gasteiger partial charge in [-0.1, -0.05) is 48.9 Å². The van der Waals surface area contributed by atoms with Gasteiger partial charge in [-0.05, 0) is 50.5 Å². The van der Waals surface area contributed by atoms with E-state index in [0.29, 0.717) is 12.2 Å². The Labute approximate surface area is 138 Å². The molecule has 0 saturated carbocycles. The maximum Gasteiger partial charge on any atom is 0.261 e. The van der Waals surface area contributed by atoms with Crippen LogP contribution in [0.3, 0.4) is 0 Å². The highest BCUT2D eigenvalue weighted by molar-refractivity contribution is 5.81. The van der Waals surface area contributed by atoms with Crippen LogP contribution >= 0.6 is 0 Å². The summed E-state index contributed by atoms with van der Waals surface area (Å²) in [5.74, 6) is 0.637. The van der Waals surface area contributed by atoms with Crippen LogP contribution < -0.4 is 10.1 Å². The van der Waals surface area contributed by atoms with E-state index in [2.05, 4.69) is 37.4 Å². The van der Waals surface area contributed by atoms with Gasteiger partial charge in [0.15, 0.2) is 6.10 Å². The molecule has 2 atom stereocenters. The fourth-order valence-corrected chi connectivity index (χ4v) is 2.68. The summed E-state index contributed by atoms with van der Waals surface area (Å²) in [5, 5.41) is 3.06. The van der Waals surface area contributed by atoms with Crippen LogP contribution in [-0.4, -0.2) is 12.0 Å². The van der Waals surface area contributed by atoms with Gasteiger partial charge in [-0.15, -0.1) is 0 Å². The van der Waals surface area contributed by atoms with Gasteiger partial charge in [-0.25, -0.2) is 0 Å². The summed E-state index contributed by atoms with van der Waals surface area (Å²) in [6.07, 6.45) is 0.144. The minimum Gasteiger partial charge on any atom is -0.481 e. The number of benzene rings is 2. The Hall–Kier alpha value is -2.29. The lowest BCUT2D eigenvalue weighted by molar-refractivity contribution is -0.128. The van der Waals surface area contributed by atoms with Gasteiger partial charge >= 0.3 is 0 Å². The SMILES string of the molecule is CC[C@H](Oc1ccccc1)C(=O)N[C@@H](C)c1ccc(C)cc1C. The maximum absolute atomic E-state index is 12.5. The lowest BCUT2D eigenvalue weighted by atomic mass is 10.00. The summed E-state index contributed by atoms with van der Waals surface area (Å²) in [5.41, 5.74) is 3.55. The van der Waals surface area contributed by atoms with E-state index in [4.69, 9.17) is 4.74 Å². The number of aryl methyl sites for hydroxylation is 2. The number of hydrogen-bond acceptors (Lipinski definition) is 2. The number of nitrogens with one attached hydrogen (secondary N) is 1. The van der Waals surface area contributed by atoms with Crippen LogP contribution in [0.2, 0.25) is 0 Å². The van der Waals surface area contributed by atoms with Crippen molar-refractivity contribution in [2.45, 2.75) is 46.3 Å². The molecular weight excluding hydrogens is 286 g/mol. The van der Waals surface area contributed by atoms with E-state index >= 15 is 0 Å². The predicted molar refractivity (Wildman–Crippen MR) is 93.6 cm³/mol. The topological polar surface area (TPSA) is 38.3 Å². The van der Waals surface area contributed by atoms with Gasteiger partial charge in [0.1, 0.15) is 5.75 Å². The van der Waals surface area contributed by atoms with E-state index < -0.39 is 6.10 Å². The Kier molecular flexibility index (Phi) is 5.80. The van der Waals surface area contributed by atoms with Gasteiger partial charge in [0.25, 0.3) is 5.91 Å². The second kappa shape index (κ2) is 7.82. The van der Waals surface area contributed by atoms with Crippen molar-refractivity contribution < 1.29 is 9.53 Å². The van der Waals surface area contributed by atoms with E-state index in [1.165, 1.54) is 11.1 Å². The number of ether oxygens (including phenoxy) is 1. The van der Waals surface area contributed by atoms with Crippen molar-refractivity contribution in [3.05, 3.63) is 65.2 Å². The third-order valence-corrected chi connectivity index (χ3v) is 3.94. The first kappa shape index (κ1) is 17.1. The van der Waals surface area contributed by atoms with Gasteiger partial charge in [0.05, 0.1) is 6.04 Å². The summed E-state index contributed by atoms with van der Waals surface area (Å²) in [7, 11) is 0. The standard InChI is InChI=1S/C20H25NO2/c1-5-19(23-17-9-7-6-8-10-17)20(22)21-16(4)18-12-11-14(2)13-15(18)3/h6-13,16,19H,5H2,1-4H3,(H,21,22)/t16-,19-/m0/s1. The van der Waals surface area contributed by atoms with Gasteiger partial charge in [0, 0.05) is 0 Å². The first-order valence-corrected chi connectivity index (χ1v) is 8.10. The van der Waals surface area contributed by atoms with Crippen LogP contribution in [0, 0.1) is 13.8 Å². The van der Waals surface area contributed by atoms with Crippen LogP contribution in [0.5, 0.6) is 5.75 Å². The molecule has 0 radical (unpaired) electrons. The molecule has 23 heavy (non-hydrogen) atoms. The summed E-state index contributed by atoms with van der Waals surface area (Å²) in [6.45, 7) is 8.10. The molecule has 0 spiro atoms. The molecule has 2 aromatic carbocycles. The number of para-hydroxylation sites is 1. The average molecular weight is 311 g/mol. The third kappa shape index (κ3) is 4.59. The molecular formula is C20H25NO2. The van der Waals surface area contributed by atoms with Gasteiger partial charge in [-0.3, -0.25) is 4.79 Å². The zero-order valence-corrected chi connectivity index (χ0v) is 14.3. The normalized spacial score (nSPS) is 13.2. The Morgan fingerprint density at radius 3 is 2.43 bits per heavy atom. The van der Waals surface area contributed by atoms with Crippen molar-refractivity contribution in [3.8, 4) is 5.75 Å². The molecule has 2 rings (SSSR count). The van der Waals surface area contributed by atoms with Crippen molar-refractivity contribution >= 4 is 5.91 Å². The molecule has 0 unspecified atom stereocenters. The number of carbonyl (C=O) groups excluding carboxylic acids is 1. The van der Waals surface area contributed by atoms with Gasteiger partial charge < -0.3 is 10.1 Å². The van der Waals surface area contributed by atoms with Crippen molar-refractivity contribution in [2.75, 3.05) is 0 Å². The summed E-state index contributed by atoms with van der Waals surface area (Å²) in [4.78, 5) is 12.5. The van der Waals surface area contributed by atoms with Crippen LogP contribution in [0.15, 0.2) is 48.5 Å². The second-order valence-corrected chi connectivity index (χ2v) is 5.92. The lowest BCUT2D eigenvalue weighted by Crippen LogP contribution is -2.39. The Morgan fingerprint density at radius 2 is 1.83 bits per heavy atom. The van der Waals surface area contributed by atoms with Crippen molar-refractivity contribution in [3.63, 3.8) is 0 Å². The fourth-order valence-electron chi connectivity index (χ4n) is 2.68. The Morgan fingerprint density at radius 1 is 1.13 bits per heavy atom. The first-order chi connectivity index (χ1) is 11.0. The molecule has 122 valence electrons. The summed E-state index contributed by atoms with van der Waals surface area (Å²) in [6, 6.07) is 15.7.